The molecule has 12 heteroatoms. The van der Waals surface area contributed by atoms with Crippen LogP contribution < -0.4 is 10.0 Å². The Hall–Kier alpha value is -2.86. The summed E-state index contributed by atoms with van der Waals surface area (Å²) in [5, 5.41) is 10.0. The quantitative estimate of drug-likeness (QED) is 0.610. The summed E-state index contributed by atoms with van der Waals surface area (Å²) in [6.07, 6.45) is 2.64. The summed E-state index contributed by atoms with van der Waals surface area (Å²) in [7, 11) is -3.46. The Morgan fingerprint density at radius 1 is 1.26 bits per heavy atom. The SMILES string of the molecule is CS(=O)(=O)Nc1nnc(NC(=O)CCc2ncc(-c3ccccc3F)o2)s1. The van der Waals surface area contributed by atoms with Gasteiger partial charge in [0.05, 0.1) is 18.0 Å². The van der Waals surface area contributed by atoms with Gasteiger partial charge in [-0.2, -0.15) is 0 Å². The third kappa shape index (κ3) is 5.31. The molecule has 0 aliphatic heterocycles. The van der Waals surface area contributed by atoms with Crippen molar-refractivity contribution in [2.24, 2.45) is 0 Å². The highest BCUT2D eigenvalue weighted by Crippen LogP contribution is 2.24. The zero-order chi connectivity index (χ0) is 19.4. The summed E-state index contributed by atoms with van der Waals surface area (Å²) >= 11 is 0.888. The summed E-state index contributed by atoms with van der Waals surface area (Å²) < 4.78 is 43.6. The number of hydrogen-bond donors (Lipinski definition) is 2. The van der Waals surface area contributed by atoms with Crippen LogP contribution in [0.2, 0.25) is 0 Å². The van der Waals surface area contributed by atoms with Crippen molar-refractivity contribution in [3.8, 4) is 11.3 Å². The van der Waals surface area contributed by atoms with E-state index in [1.54, 1.807) is 18.2 Å². The summed E-state index contributed by atoms with van der Waals surface area (Å²) in [5.41, 5.74) is 0.292. The van der Waals surface area contributed by atoms with Crippen LogP contribution in [-0.4, -0.2) is 35.8 Å². The molecule has 0 saturated carbocycles. The number of amides is 1. The lowest BCUT2D eigenvalue weighted by Gasteiger charge is -2.00. The van der Waals surface area contributed by atoms with E-state index in [2.05, 4.69) is 25.2 Å². The Balaban J connectivity index is 1.55. The van der Waals surface area contributed by atoms with Crippen molar-refractivity contribution >= 4 is 37.5 Å². The molecule has 142 valence electrons. The van der Waals surface area contributed by atoms with Crippen LogP contribution in [0.1, 0.15) is 12.3 Å². The number of hydrogen-bond acceptors (Lipinski definition) is 8. The Morgan fingerprint density at radius 2 is 2.00 bits per heavy atom. The van der Waals surface area contributed by atoms with Gasteiger partial charge >= 0.3 is 0 Å². The molecule has 2 aromatic heterocycles. The molecular weight excluding hydrogens is 397 g/mol. The number of rotatable bonds is 7. The van der Waals surface area contributed by atoms with Crippen LogP contribution in [0, 0.1) is 5.82 Å². The standard InChI is InChI=1S/C15H14FN5O4S2/c1-27(23,24)21-15-20-19-14(26-15)18-12(22)6-7-13-17-8-11(25-13)9-4-2-3-5-10(9)16/h2-5,8H,6-7H2,1H3,(H,20,21)(H,18,19,22). The lowest BCUT2D eigenvalue weighted by Crippen LogP contribution is -2.12. The number of nitrogens with one attached hydrogen (secondary N) is 2. The molecule has 1 amide bonds. The van der Waals surface area contributed by atoms with Crippen LogP contribution in [0.25, 0.3) is 11.3 Å². The van der Waals surface area contributed by atoms with E-state index in [1.807, 2.05) is 0 Å². The van der Waals surface area contributed by atoms with Crippen LogP contribution in [0.5, 0.6) is 0 Å². The number of aryl methyl sites for hydroxylation is 1. The zero-order valence-corrected chi connectivity index (χ0v) is 15.6. The summed E-state index contributed by atoms with van der Waals surface area (Å²) in [4.78, 5) is 16.0. The molecule has 0 saturated heterocycles. The molecule has 0 atom stereocenters. The van der Waals surface area contributed by atoms with Crippen molar-refractivity contribution in [3.05, 3.63) is 42.2 Å². The summed E-state index contributed by atoms with van der Waals surface area (Å²) in [6, 6.07) is 6.15. The van der Waals surface area contributed by atoms with E-state index in [0.717, 1.165) is 17.6 Å². The molecular formula is C15H14FN5O4S2. The minimum atomic E-state index is -3.46. The first-order valence-corrected chi connectivity index (χ1v) is 10.3. The highest BCUT2D eigenvalue weighted by atomic mass is 32.2. The fraction of sp³-hybridized carbons (Fsp3) is 0.200. The van der Waals surface area contributed by atoms with Crippen LogP contribution in [0.3, 0.4) is 0 Å². The van der Waals surface area contributed by atoms with Gasteiger partial charge in [-0.05, 0) is 12.1 Å². The molecule has 27 heavy (non-hydrogen) atoms. The van der Waals surface area contributed by atoms with Gasteiger partial charge < -0.3 is 9.73 Å². The van der Waals surface area contributed by atoms with E-state index in [1.165, 1.54) is 12.3 Å². The maximum Gasteiger partial charge on any atom is 0.231 e. The number of nitrogens with zero attached hydrogens (tertiary/aromatic N) is 3. The minimum absolute atomic E-state index is 0.0473. The minimum Gasteiger partial charge on any atom is -0.441 e. The second-order valence-electron chi connectivity index (χ2n) is 5.43. The molecule has 3 aromatic rings. The maximum absolute atomic E-state index is 13.7. The normalized spacial score (nSPS) is 11.3. The Bertz CT molecular complexity index is 1060. The Labute approximate surface area is 157 Å². The van der Waals surface area contributed by atoms with Crippen molar-refractivity contribution in [3.63, 3.8) is 0 Å². The van der Waals surface area contributed by atoms with E-state index in [4.69, 9.17) is 4.42 Å². The largest absolute Gasteiger partial charge is 0.441 e. The van der Waals surface area contributed by atoms with Gasteiger partial charge in [0.15, 0.2) is 11.7 Å². The molecule has 0 unspecified atom stereocenters. The fourth-order valence-electron chi connectivity index (χ4n) is 2.09. The molecule has 0 radical (unpaired) electrons. The summed E-state index contributed by atoms with van der Waals surface area (Å²) in [5.74, 6) is -0.223. The second-order valence-corrected chi connectivity index (χ2v) is 8.16. The van der Waals surface area contributed by atoms with Crippen molar-refractivity contribution < 1.29 is 22.0 Å². The highest BCUT2D eigenvalue weighted by Gasteiger charge is 2.14. The predicted molar refractivity (Wildman–Crippen MR) is 97.2 cm³/mol. The van der Waals surface area contributed by atoms with Crippen LogP contribution in [-0.2, 0) is 21.2 Å². The van der Waals surface area contributed by atoms with Gasteiger partial charge in [-0.3, -0.25) is 9.52 Å². The maximum atomic E-state index is 13.7. The zero-order valence-electron chi connectivity index (χ0n) is 14.0. The number of aromatic nitrogens is 3. The van der Waals surface area contributed by atoms with Crippen molar-refractivity contribution in [2.45, 2.75) is 12.8 Å². The molecule has 0 aliphatic rings. The second kappa shape index (κ2) is 7.80. The Morgan fingerprint density at radius 3 is 2.74 bits per heavy atom. The topological polar surface area (TPSA) is 127 Å². The summed E-state index contributed by atoms with van der Waals surface area (Å²) in [6.45, 7) is 0. The van der Waals surface area contributed by atoms with Crippen molar-refractivity contribution in [1.29, 1.82) is 0 Å². The smallest absolute Gasteiger partial charge is 0.231 e. The molecule has 2 N–H and O–H groups in total. The van der Waals surface area contributed by atoms with Gasteiger partial charge in [-0.25, -0.2) is 17.8 Å². The molecule has 1 aromatic carbocycles. The van der Waals surface area contributed by atoms with Crippen molar-refractivity contribution in [1.82, 2.24) is 15.2 Å². The number of anilines is 2. The number of benzene rings is 1. The number of oxazole rings is 1. The van der Waals surface area contributed by atoms with Gasteiger partial charge in [0.25, 0.3) is 0 Å². The van der Waals surface area contributed by atoms with E-state index in [0.29, 0.717) is 11.5 Å². The third-order valence-corrected chi connectivity index (χ3v) is 4.65. The average Bonchev–Trinajstić information content (AvgIpc) is 3.21. The lowest BCUT2D eigenvalue weighted by molar-refractivity contribution is -0.116. The average molecular weight is 411 g/mol. The molecule has 9 nitrogen and oxygen atoms in total. The van der Waals surface area contributed by atoms with Gasteiger partial charge in [-0.1, -0.05) is 23.5 Å². The number of carbonyl (C=O) groups excluding carboxylic acids is 1. The van der Waals surface area contributed by atoms with Gasteiger partial charge in [0.1, 0.15) is 5.82 Å². The van der Waals surface area contributed by atoms with Gasteiger partial charge in [-0.15, -0.1) is 10.2 Å². The van der Waals surface area contributed by atoms with E-state index in [9.17, 15) is 17.6 Å². The highest BCUT2D eigenvalue weighted by molar-refractivity contribution is 7.92. The predicted octanol–water partition coefficient (Wildman–Crippen LogP) is 2.28. The first-order chi connectivity index (χ1) is 12.8. The molecule has 3 rings (SSSR count). The molecule has 0 fully saturated rings. The molecule has 2 heterocycles. The first kappa shape index (κ1) is 18.9. The van der Waals surface area contributed by atoms with Gasteiger partial charge in [0, 0.05) is 12.8 Å². The van der Waals surface area contributed by atoms with Gasteiger partial charge in [0.2, 0.25) is 26.2 Å². The number of halogens is 1. The first-order valence-electron chi connectivity index (χ1n) is 7.61. The van der Waals surface area contributed by atoms with Crippen LogP contribution in [0.4, 0.5) is 14.7 Å². The van der Waals surface area contributed by atoms with E-state index in [-0.39, 0.29) is 34.8 Å². The van der Waals surface area contributed by atoms with E-state index < -0.39 is 15.8 Å². The molecule has 0 spiro atoms. The van der Waals surface area contributed by atoms with Crippen molar-refractivity contribution in [2.75, 3.05) is 16.3 Å². The number of sulfonamides is 1. The fourth-order valence-corrected chi connectivity index (χ4v) is 3.58. The monoisotopic (exact) mass is 411 g/mol. The van der Waals surface area contributed by atoms with Crippen LogP contribution >= 0.6 is 11.3 Å². The number of carbonyl (C=O) groups is 1. The molecule has 0 bridgehead atoms. The van der Waals surface area contributed by atoms with E-state index >= 15 is 0 Å². The van der Waals surface area contributed by atoms with Crippen LogP contribution in [0.15, 0.2) is 34.9 Å². The lowest BCUT2D eigenvalue weighted by atomic mass is 10.2. The third-order valence-electron chi connectivity index (χ3n) is 3.20. The molecule has 0 aliphatic carbocycles. The Kier molecular flexibility index (Phi) is 5.46.